The molecule has 5 rings (SSSR count). The van der Waals surface area contributed by atoms with Crippen LogP contribution >= 0.6 is 0 Å². The highest BCUT2D eigenvalue weighted by Gasteiger charge is 2.40. The van der Waals surface area contributed by atoms with Crippen molar-refractivity contribution < 1.29 is 23.9 Å². The lowest BCUT2D eigenvalue weighted by molar-refractivity contribution is -0.128. The molecule has 4 amide bonds. The lowest BCUT2D eigenvalue weighted by Gasteiger charge is -2.33. The second-order valence-electron chi connectivity index (χ2n) is 11.6. The van der Waals surface area contributed by atoms with Crippen molar-refractivity contribution in [2.75, 3.05) is 57.0 Å². The maximum Gasteiger partial charge on any atom is 0.319 e. The quantitative estimate of drug-likeness (QED) is 0.525. The molecule has 0 spiro atoms. The Morgan fingerprint density at radius 1 is 1.10 bits per heavy atom. The van der Waals surface area contributed by atoms with Crippen LogP contribution in [0, 0.1) is 0 Å². The van der Waals surface area contributed by atoms with Crippen molar-refractivity contribution in [3.05, 3.63) is 29.8 Å². The maximum absolute atomic E-state index is 14.1. The van der Waals surface area contributed by atoms with Crippen LogP contribution in [0.2, 0.25) is 0 Å². The zero-order valence-corrected chi connectivity index (χ0v) is 24.4. The number of carbonyl (C=O) groups excluding carboxylic acids is 3. The Bertz CT molecular complexity index is 1300. The number of hydrogen-bond acceptors (Lipinski definition) is 8. The molecule has 220 valence electrons. The number of benzene rings is 1. The van der Waals surface area contributed by atoms with Crippen molar-refractivity contribution >= 4 is 29.5 Å². The molecule has 0 saturated carbocycles. The van der Waals surface area contributed by atoms with E-state index >= 15 is 0 Å². The number of anilines is 2. The summed E-state index contributed by atoms with van der Waals surface area (Å²) in [7, 11) is 3.40. The Balaban J connectivity index is 1.56. The van der Waals surface area contributed by atoms with Crippen LogP contribution < -0.4 is 20.3 Å². The number of hydrogen-bond donors (Lipinski definition) is 2. The average Bonchev–Trinajstić information content (AvgIpc) is 3.22. The fourth-order valence-corrected chi connectivity index (χ4v) is 5.49. The molecule has 2 unspecified atom stereocenters. The van der Waals surface area contributed by atoms with Gasteiger partial charge in [-0.1, -0.05) is 12.1 Å². The Hall–Kier alpha value is -3.93. The van der Waals surface area contributed by atoms with Crippen molar-refractivity contribution in [3.63, 3.8) is 0 Å². The van der Waals surface area contributed by atoms with Gasteiger partial charge in [0.2, 0.25) is 17.7 Å². The molecule has 0 aliphatic carbocycles. The Morgan fingerprint density at radius 2 is 1.78 bits per heavy atom. The van der Waals surface area contributed by atoms with Crippen molar-refractivity contribution in [1.29, 1.82) is 0 Å². The van der Waals surface area contributed by atoms with Gasteiger partial charge in [-0.15, -0.1) is 0 Å². The first kappa shape index (κ1) is 28.6. The number of rotatable bonds is 7. The maximum atomic E-state index is 14.1. The Labute approximate surface area is 240 Å². The van der Waals surface area contributed by atoms with Gasteiger partial charge in [0, 0.05) is 57.9 Å². The third-order valence-corrected chi connectivity index (χ3v) is 7.48. The number of morpholine rings is 1. The number of fused-ring (bicyclic) bond motifs is 3. The monoisotopic (exact) mass is 565 g/mol. The summed E-state index contributed by atoms with van der Waals surface area (Å²) in [6, 6.07) is 6.88. The summed E-state index contributed by atoms with van der Waals surface area (Å²) < 4.78 is 12.5. The SMILES string of the molecule is CCNC(=O)Nc1ccc(-c2nc(N3CC4CCC(C3)O4)nc3c2C(=O)N(CCC(=O)N(C)C)CC(C)(C)O3)cc1. The van der Waals surface area contributed by atoms with Gasteiger partial charge in [0.1, 0.15) is 11.2 Å². The van der Waals surface area contributed by atoms with Gasteiger partial charge in [-0.2, -0.15) is 4.98 Å². The summed E-state index contributed by atoms with van der Waals surface area (Å²) >= 11 is 0. The van der Waals surface area contributed by atoms with E-state index in [9.17, 15) is 14.4 Å². The predicted octanol–water partition coefficient (Wildman–Crippen LogP) is 2.74. The smallest absolute Gasteiger partial charge is 0.319 e. The summed E-state index contributed by atoms with van der Waals surface area (Å²) in [5.74, 6) is 0.364. The van der Waals surface area contributed by atoms with Crippen LogP contribution in [0.15, 0.2) is 24.3 Å². The molecule has 2 atom stereocenters. The molecule has 2 fully saturated rings. The number of urea groups is 1. The van der Waals surface area contributed by atoms with Crippen LogP contribution in [0.3, 0.4) is 0 Å². The molecule has 2 bridgehead atoms. The predicted molar refractivity (Wildman–Crippen MR) is 154 cm³/mol. The molecular weight excluding hydrogens is 526 g/mol. The summed E-state index contributed by atoms with van der Waals surface area (Å²) in [5, 5.41) is 5.51. The number of amides is 4. The molecule has 3 aliphatic heterocycles. The summed E-state index contributed by atoms with van der Waals surface area (Å²) in [5.41, 5.74) is 1.24. The van der Waals surface area contributed by atoms with Crippen LogP contribution in [0.4, 0.5) is 16.4 Å². The minimum atomic E-state index is -0.755. The van der Waals surface area contributed by atoms with Gasteiger partial charge >= 0.3 is 6.03 Å². The molecule has 2 aromatic rings. The molecule has 41 heavy (non-hydrogen) atoms. The average molecular weight is 566 g/mol. The van der Waals surface area contributed by atoms with E-state index in [0.29, 0.717) is 42.5 Å². The highest BCUT2D eigenvalue weighted by atomic mass is 16.5. The zero-order chi connectivity index (χ0) is 29.3. The van der Waals surface area contributed by atoms with Crippen molar-refractivity contribution in [2.24, 2.45) is 0 Å². The normalized spacial score (nSPS) is 21.0. The lowest BCUT2D eigenvalue weighted by Crippen LogP contribution is -2.44. The molecule has 4 heterocycles. The van der Waals surface area contributed by atoms with E-state index in [0.717, 1.165) is 12.8 Å². The summed E-state index contributed by atoms with van der Waals surface area (Å²) in [6.07, 6.45) is 2.45. The molecular formula is C29H39N7O5. The van der Waals surface area contributed by atoms with Crippen molar-refractivity contribution in [3.8, 4) is 17.1 Å². The lowest BCUT2D eigenvalue weighted by atomic mass is 10.0. The van der Waals surface area contributed by atoms with Crippen LogP contribution in [0.1, 0.15) is 50.4 Å². The van der Waals surface area contributed by atoms with E-state index in [1.165, 1.54) is 4.90 Å². The van der Waals surface area contributed by atoms with E-state index in [2.05, 4.69) is 15.5 Å². The zero-order valence-electron chi connectivity index (χ0n) is 24.4. The van der Waals surface area contributed by atoms with Crippen molar-refractivity contribution in [2.45, 2.75) is 57.8 Å². The van der Waals surface area contributed by atoms with Crippen LogP contribution in [0.25, 0.3) is 11.3 Å². The molecule has 12 nitrogen and oxygen atoms in total. The highest BCUT2D eigenvalue weighted by molar-refractivity contribution is 6.03. The summed E-state index contributed by atoms with van der Waals surface area (Å²) in [6.45, 7) is 8.04. The van der Waals surface area contributed by atoms with E-state index in [1.54, 1.807) is 31.1 Å². The topological polar surface area (TPSA) is 129 Å². The molecule has 1 aromatic heterocycles. The second kappa shape index (κ2) is 11.5. The van der Waals surface area contributed by atoms with Crippen LogP contribution in [-0.2, 0) is 9.53 Å². The molecule has 12 heteroatoms. The van der Waals surface area contributed by atoms with Crippen molar-refractivity contribution in [1.82, 2.24) is 25.1 Å². The Morgan fingerprint density at radius 3 is 2.41 bits per heavy atom. The minimum Gasteiger partial charge on any atom is -0.469 e. The van der Waals surface area contributed by atoms with Gasteiger partial charge in [0.25, 0.3) is 5.91 Å². The number of nitrogens with one attached hydrogen (secondary N) is 2. The van der Waals surface area contributed by atoms with Gasteiger partial charge < -0.3 is 34.8 Å². The molecule has 2 saturated heterocycles. The van der Waals surface area contributed by atoms with E-state index in [4.69, 9.17) is 19.4 Å². The highest BCUT2D eigenvalue weighted by Crippen LogP contribution is 2.37. The number of aromatic nitrogens is 2. The molecule has 3 aliphatic rings. The van der Waals surface area contributed by atoms with Gasteiger partial charge in [0.15, 0.2) is 0 Å². The minimum absolute atomic E-state index is 0.0648. The van der Waals surface area contributed by atoms with Gasteiger partial charge in [-0.05, 0) is 45.7 Å². The first-order valence-electron chi connectivity index (χ1n) is 14.2. The second-order valence-corrected chi connectivity index (χ2v) is 11.6. The first-order chi connectivity index (χ1) is 19.5. The molecule has 2 N–H and O–H groups in total. The largest absolute Gasteiger partial charge is 0.469 e. The summed E-state index contributed by atoms with van der Waals surface area (Å²) in [4.78, 5) is 53.6. The van der Waals surface area contributed by atoms with E-state index in [1.807, 2.05) is 32.9 Å². The number of nitrogens with zero attached hydrogens (tertiary/aromatic N) is 5. The standard InChI is InChI=1S/C29H39N7O5/c1-6-30-28(39)31-19-9-7-18(8-10-19)24-23-25(33-27(32-24)36-15-20-11-12-21(16-36)40-20)41-29(2,3)17-35(26(23)38)14-13-22(37)34(4)5/h7-10,20-21H,6,11-17H2,1-5H3,(H2,30,31,39). The number of carbonyl (C=O) groups is 3. The van der Waals surface area contributed by atoms with Gasteiger partial charge in [-0.25, -0.2) is 9.78 Å². The molecule has 0 radical (unpaired) electrons. The molecule has 1 aromatic carbocycles. The van der Waals surface area contributed by atoms with E-state index < -0.39 is 5.60 Å². The van der Waals surface area contributed by atoms with E-state index in [-0.39, 0.29) is 61.0 Å². The third kappa shape index (κ3) is 6.37. The third-order valence-electron chi connectivity index (χ3n) is 7.48. The van der Waals surface area contributed by atoms with Crippen LogP contribution in [0.5, 0.6) is 5.88 Å². The van der Waals surface area contributed by atoms with Gasteiger partial charge in [-0.3, -0.25) is 9.59 Å². The Kier molecular flexibility index (Phi) is 8.03. The first-order valence-corrected chi connectivity index (χ1v) is 14.2. The fourth-order valence-electron chi connectivity index (χ4n) is 5.49. The van der Waals surface area contributed by atoms with Crippen LogP contribution in [-0.4, -0.2) is 102 Å². The number of ether oxygens (including phenoxy) is 2. The fraction of sp³-hybridized carbons (Fsp3) is 0.552. The van der Waals surface area contributed by atoms with Gasteiger partial charge in [0.05, 0.1) is 24.4 Å².